The van der Waals surface area contributed by atoms with Crippen LogP contribution in [0, 0.1) is 0 Å². The molecule has 0 fully saturated rings. The molecular weight excluding hydrogens is 470 g/mol. The Hall–Kier alpha value is -5.14. The standard InChI is InChI=1S/C38H27N/c1-3-11-28(12-4-1)19-20-29-21-24-32(25-22-29)39(31-14-5-2-6-15-31)38-27-37-33-16-8-7-13-30(33)23-26-35(37)34-17-9-10-18-36(34)38/h1-27H. The molecule has 7 aromatic carbocycles. The van der Waals surface area contributed by atoms with E-state index in [1.54, 1.807) is 0 Å². The molecule has 0 spiro atoms. The van der Waals surface area contributed by atoms with E-state index in [1.165, 1.54) is 49.1 Å². The van der Waals surface area contributed by atoms with E-state index < -0.39 is 0 Å². The van der Waals surface area contributed by atoms with Crippen molar-refractivity contribution in [3.63, 3.8) is 0 Å². The number of anilines is 3. The van der Waals surface area contributed by atoms with Crippen LogP contribution >= 0.6 is 0 Å². The predicted octanol–water partition coefficient (Wildman–Crippen LogP) is 10.8. The van der Waals surface area contributed by atoms with Crippen LogP contribution in [0.3, 0.4) is 0 Å². The van der Waals surface area contributed by atoms with E-state index in [9.17, 15) is 0 Å². The van der Waals surface area contributed by atoms with Crippen molar-refractivity contribution in [1.29, 1.82) is 0 Å². The SMILES string of the molecule is C(=Cc1ccc(N(c2ccccc2)c2cc3c4ccccc4ccc3c3ccccc23)cc1)c1ccccc1. The van der Waals surface area contributed by atoms with E-state index in [-0.39, 0.29) is 0 Å². The maximum atomic E-state index is 2.38. The molecule has 0 bridgehead atoms. The van der Waals surface area contributed by atoms with Gasteiger partial charge in [-0.1, -0.05) is 133 Å². The minimum absolute atomic E-state index is 1.13. The van der Waals surface area contributed by atoms with Crippen LogP contribution in [0.2, 0.25) is 0 Å². The van der Waals surface area contributed by atoms with Gasteiger partial charge >= 0.3 is 0 Å². The van der Waals surface area contributed by atoms with Gasteiger partial charge in [0.1, 0.15) is 0 Å². The van der Waals surface area contributed by atoms with Gasteiger partial charge in [-0.05, 0) is 68.4 Å². The van der Waals surface area contributed by atoms with Gasteiger partial charge in [0, 0.05) is 16.8 Å². The summed E-state index contributed by atoms with van der Waals surface area (Å²) in [4.78, 5) is 2.38. The second-order valence-corrected chi connectivity index (χ2v) is 9.83. The lowest BCUT2D eigenvalue weighted by molar-refractivity contribution is 1.30. The van der Waals surface area contributed by atoms with E-state index >= 15 is 0 Å². The van der Waals surface area contributed by atoms with Gasteiger partial charge in [-0.25, -0.2) is 0 Å². The monoisotopic (exact) mass is 497 g/mol. The molecule has 0 atom stereocenters. The summed E-state index contributed by atoms with van der Waals surface area (Å²) in [5.74, 6) is 0. The van der Waals surface area contributed by atoms with Crippen LogP contribution in [-0.2, 0) is 0 Å². The van der Waals surface area contributed by atoms with Gasteiger partial charge in [0.05, 0.1) is 5.69 Å². The van der Waals surface area contributed by atoms with E-state index in [4.69, 9.17) is 0 Å². The molecule has 184 valence electrons. The highest BCUT2D eigenvalue weighted by Gasteiger charge is 2.17. The highest BCUT2D eigenvalue weighted by atomic mass is 15.1. The second kappa shape index (κ2) is 9.96. The Morgan fingerprint density at radius 3 is 1.64 bits per heavy atom. The molecule has 0 amide bonds. The van der Waals surface area contributed by atoms with Crippen LogP contribution in [0.15, 0.2) is 152 Å². The number of rotatable bonds is 5. The molecule has 0 N–H and O–H groups in total. The van der Waals surface area contributed by atoms with Crippen molar-refractivity contribution in [3.05, 3.63) is 163 Å². The number of benzene rings is 7. The highest BCUT2D eigenvalue weighted by molar-refractivity contribution is 6.21. The van der Waals surface area contributed by atoms with E-state index in [1.807, 2.05) is 6.07 Å². The first kappa shape index (κ1) is 23.0. The zero-order chi connectivity index (χ0) is 26.0. The van der Waals surface area contributed by atoms with E-state index in [0.29, 0.717) is 0 Å². The summed E-state index contributed by atoms with van der Waals surface area (Å²) in [6, 6.07) is 54.2. The van der Waals surface area contributed by atoms with Gasteiger partial charge < -0.3 is 4.90 Å². The minimum atomic E-state index is 1.13. The van der Waals surface area contributed by atoms with Crippen LogP contribution in [0.25, 0.3) is 44.5 Å². The van der Waals surface area contributed by atoms with Gasteiger partial charge in [0.2, 0.25) is 0 Å². The molecule has 7 aromatic rings. The fourth-order valence-electron chi connectivity index (χ4n) is 5.52. The average molecular weight is 498 g/mol. The first-order valence-electron chi connectivity index (χ1n) is 13.4. The molecule has 0 radical (unpaired) electrons. The van der Waals surface area contributed by atoms with Crippen molar-refractivity contribution in [2.24, 2.45) is 0 Å². The largest absolute Gasteiger partial charge is 0.310 e. The Bertz CT molecular complexity index is 1940. The van der Waals surface area contributed by atoms with Crippen LogP contribution in [-0.4, -0.2) is 0 Å². The summed E-state index contributed by atoms with van der Waals surface area (Å²) >= 11 is 0. The molecule has 0 aromatic heterocycles. The molecule has 1 heteroatoms. The van der Waals surface area contributed by atoms with Crippen LogP contribution < -0.4 is 4.90 Å². The van der Waals surface area contributed by atoms with Gasteiger partial charge in [-0.3, -0.25) is 0 Å². The third-order valence-electron chi connectivity index (χ3n) is 7.42. The molecule has 0 heterocycles. The second-order valence-electron chi connectivity index (χ2n) is 9.83. The molecular formula is C38H27N. The Kier molecular flexibility index (Phi) is 5.88. The van der Waals surface area contributed by atoms with Gasteiger partial charge in [-0.2, -0.15) is 0 Å². The first-order chi connectivity index (χ1) is 19.3. The number of hydrogen-bond acceptors (Lipinski definition) is 1. The fraction of sp³-hybridized carbons (Fsp3) is 0. The Morgan fingerprint density at radius 1 is 0.359 bits per heavy atom. The Morgan fingerprint density at radius 2 is 0.897 bits per heavy atom. The lowest BCUT2D eigenvalue weighted by atomic mass is 9.95. The third kappa shape index (κ3) is 4.35. The zero-order valence-electron chi connectivity index (χ0n) is 21.5. The van der Waals surface area contributed by atoms with Crippen molar-refractivity contribution >= 4 is 61.5 Å². The van der Waals surface area contributed by atoms with Crippen LogP contribution in [0.4, 0.5) is 17.1 Å². The molecule has 0 aliphatic heterocycles. The third-order valence-corrected chi connectivity index (χ3v) is 7.42. The van der Waals surface area contributed by atoms with Crippen molar-refractivity contribution in [2.45, 2.75) is 0 Å². The smallest absolute Gasteiger partial charge is 0.0546 e. The number of fused-ring (bicyclic) bond motifs is 5. The Balaban J connectivity index is 1.43. The average Bonchev–Trinajstić information content (AvgIpc) is 3.02. The van der Waals surface area contributed by atoms with Gasteiger partial charge in [0.25, 0.3) is 0 Å². The lowest BCUT2D eigenvalue weighted by Gasteiger charge is -2.28. The van der Waals surface area contributed by atoms with E-state index in [2.05, 4.69) is 163 Å². The molecule has 0 saturated heterocycles. The van der Waals surface area contributed by atoms with Crippen molar-refractivity contribution < 1.29 is 0 Å². The van der Waals surface area contributed by atoms with Crippen molar-refractivity contribution in [1.82, 2.24) is 0 Å². The first-order valence-corrected chi connectivity index (χ1v) is 13.4. The molecule has 0 aliphatic rings. The quantitative estimate of drug-likeness (QED) is 0.169. The normalized spacial score (nSPS) is 11.5. The topological polar surface area (TPSA) is 3.24 Å². The van der Waals surface area contributed by atoms with Gasteiger partial charge in [-0.15, -0.1) is 0 Å². The number of nitrogens with zero attached hydrogens (tertiary/aromatic N) is 1. The summed E-state index contributed by atoms with van der Waals surface area (Å²) in [5.41, 5.74) is 5.80. The minimum Gasteiger partial charge on any atom is -0.310 e. The molecule has 1 nitrogen and oxygen atoms in total. The summed E-state index contributed by atoms with van der Waals surface area (Å²) in [6.07, 6.45) is 4.33. The molecule has 7 rings (SSSR count). The fourth-order valence-corrected chi connectivity index (χ4v) is 5.52. The lowest BCUT2D eigenvalue weighted by Crippen LogP contribution is -2.10. The summed E-state index contributed by atoms with van der Waals surface area (Å²) < 4.78 is 0. The maximum absolute atomic E-state index is 2.38. The number of hydrogen-bond donors (Lipinski definition) is 0. The zero-order valence-corrected chi connectivity index (χ0v) is 21.5. The molecule has 39 heavy (non-hydrogen) atoms. The highest BCUT2D eigenvalue weighted by Crippen LogP contribution is 2.43. The summed E-state index contributed by atoms with van der Waals surface area (Å²) in [7, 11) is 0. The molecule has 0 aliphatic carbocycles. The van der Waals surface area contributed by atoms with Crippen molar-refractivity contribution in [2.75, 3.05) is 4.90 Å². The summed E-state index contributed by atoms with van der Waals surface area (Å²) in [5, 5.41) is 7.58. The maximum Gasteiger partial charge on any atom is 0.0546 e. The molecule has 0 unspecified atom stereocenters. The van der Waals surface area contributed by atoms with Gasteiger partial charge in [0.15, 0.2) is 0 Å². The van der Waals surface area contributed by atoms with Crippen LogP contribution in [0.1, 0.15) is 11.1 Å². The van der Waals surface area contributed by atoms with E-state index in [0.717, 1.165) is 11.4 Å². The van der Waals surface area contributed by atoms with Crippen LogP contribution in [0.5, 0.6) is 0 Å². The summed E-state index contributed by atoms with van der Waals surface area (Å²) in [6.45, 7) is 0. The predicted molar refractivity (Wildman–Crippen MR) is 169 cm³/mol. The Labute approximate surface area is 228 Å². The van der Waals surface area contributed by atoms with Crippen molar-refractivity contribution in [3.8, 4) is 0 Å². The number of para-hydroxylation sites is 1. The molecule has 0 saturated carbocycles.